The molecule has 9 heteroatoms. The van der Waals surface area contributed by atoms with Crippen molar-refractivity contribution in [1.82, 2.24) is 15.2 Å². The summed E-state index contributed by atoms with van der Waals surface area (Å²) >= 11 is 7.45. The van der Waals surface area contributed by atoms with E-state index < -0.39 is 5.97 Å². The highest BCUT2D eigenvalue weighted by atomic mass is 79.9. The Morgan fingerprint density at radius 1 is 1.57 bits per heavy atom. The van der Waals surface area contributed by atoms with E-state index in [-0.39, 0.29) is 4.91 Å². The number of thioether (sulfide) groups is 1. The van der Waals surface area contributed by atoms with Crippen molar-refractivity contribution in [2.45, 2.75) is 24.9 Å². The van der Waals surface area contributed by atoms with Gasteiger partial charge in [-0.1, -0.05) is 6.92 Å². The largest absolute Gasteiger partial charge is 0.477 e. The van der Waals surface area contributed by atoms with E-state index in [0.29, 0.717) is 20.1 Å². The monoisotopic (exact) mass is 435 g/mol. The number of carbonyl (C=O) groups is 1. The second-order valence-electron chi connectivity index (χ2n) is 4.00. The molecule has 2 aromatic rings. The SMILES string of the molecule is CCCc1nc(S/C(=C\c2cc(Br)c(Br)o2)C(=O)O)n[nH]1. The zero-order valence-electron chi connectivity index (χ0n) is 10.9. The number of aryl methyl sites for hydroxylation is 1. The number of carboxylic acid groups (broad SMARTS) is 1. The Labute approximate surface area is 141 Å². The number of nitrogens with one attached hydrogen (secondary N) is 1. The van der Waals surface area contributed by atoms with Crippen LogP contribution in [0, 0.1) is 0 Å². The van der Waals surface area contributed by atoms with Gasteiger partial charge < -0.3 is 9.52 Å². The van der Waals surface area contributed by atoms with Crippen molar-refractivity contribution in [3.63, 3.8) is 0 Å². The molecule has 0 aromatic carbocycles. The fourth-order valence-electron chi connectivity index (χ4n) is 1.47. The summed E-state index contributed by atoms with van der Waals surface area (Å²) in [4.78, 5) is 15.6. The molecule has 2 heterocycles. The number of H-pyrrole nitrogens is 1. The van der Waals surface area contributed by atoms with E-state index in [4.69, 9.17) is 4.42 Å². The molecule has 0 saturated heterocycles. The number of nitrogens with zero attached hydrogens (tertiary/aromatic N) is 2. The first-order valence-corrected chi connectivity index (χ1v) is 8.38. The lowest BCUT2D eigenvalue weighted by molar-refractivity contribution is -0.131. The molecule has 0 unspecified atom stereocenters. The second kappa shape index (κ2) is 7.28. The van der Waals surface area contributed by atoms with E-state index in [1.54, 1.807) is 6.07 Å². The van der Waals surface area contributed by atoms with Crippen molar-refractivity contribution in [3.05, 3.63) is 31.7 Å². The number of carboxylic acids is 1. The van der Waals surface area contributed by atoms with E-state index in [1.165, 1.54) is 6.08 Å². The molecule has 0 atom stereocenters. The van der Waals surface area contributed by atoms with Crippen molar-refractivity contribution in [1.29, 1.82) is 0 Å². The summed E-state index contributed by atoms with van der Waals surface area (Å²) in [6, 6.07) is 1.67. The summed E-state index contributed by atoms with van der Waals surface area (Å²) in [6.45, 7) is 2.03. The van der Waals surface area contributed by atoms with E-state index in [9.17, 15) is 9.90 Å². The normalized spacial score (nSPS) is 11.9. The van der Waals surface area contributed by atoms with Crippen LogP contribution in [0.15, 0.2) is 29.7 Å². The van der Waals surface area contributed by atoms with E-state index >= 15 is 0 Å². The van der Waals surface area contributed by atoms with Crippen LogP contribution in [0.2, 0.25) is 0 Å². The van der Waals surface area contributed by atoms with Crippen LogP contribution in [0.5, 0.6) is 0 Å². The first-order valence-electron chi connectivity index (χ1n) is 5.98. The van der Waals surface area contributed by atoms with Gasteiger partial charge in [-0.3, -0.25) is 5.10 Å². The summed E-state index contributed by atoms with van der Waals surface area (Å²) in [5.74, 6) is 0.0988. The minimum atomic E-state index is -1.06. The molecule has 21 heavy (non-hydrogen) atoms. The molecule has 0 aliphatic rings. The zero-order chi connectivity index (χ0) is 15.4. The van der Waals surface area contributed by atoms with Gasteiger partial charge in [-0.05, 0) is 56.1 Å². The minimum Gasteiger partial charge on any atom is -0.477 e. The van der Waals surface area contributed by atoms with Gasteiger partial charge in [0.2, 0.25) is 5.16 Å². The number of halogens is 2. The highest BCUT2D eigenvalue weighted by Crippen LogP contribution is 2.31. The lowest BCUT2D eigenvalue weighted by Gasteiger charge is -1.97. The van der Waals surface area contributed by atoms with Crippen molar-refractivity contribution >= 4 is 55.7 Å². The molecule has 2 aromatic heterocycles. The van der Waals surface area contributed by atoms with Crippen LogP contribution < -0.4 is 0 Å². The van der Waals surface area contributed by atoms with Gasteiger partial charge in [0.15, 0.2) is 4.67 Å². The third kappa shape index (κ3) is 4.45. The first kappa shape index (κ1) is 16.3. The van der Waals surface area contributed by atoms with Crippen LogP contribution in [-0.2, 0) is 11.2 Å². The summed E-state index contributed by atoms with van der Waals surface area (Å²) in [5.41, 5.74) is 0. The Balaban J connectivity index is 2.20. The van der Waals surface area contributed by atoms with E-state index in [0.717, 1.165) is 30.4 Å². The molecule has 0 fully saturated rings. The van der Waals surface area contributed by atoms with Gasteiger partial charge in [0.25, 0.3) is 0 Å². The average molecular weight is 437 g/mol. The van der Waals surface area contributed by atoms with Crippen molar-refractivity contribution in [3.8, 4) is 0 Å². The lowest BCUT2D eigenvalue weighted by Crippen LogP contribution is -1.97. The van der Waals surface area contributed by atoms with Crippen molar-refractivity contribution < 1.29 is 14.3 Å². The fourth-order valence-corrected chi connectivity index (χ4v) is 2.78. The highest BCUT2D eigenvalue weighted by molar-refractivity contribution is 9.13. The predicted molar refractivity (Wildman–Crippen MR) is 86.0 cm³/mol. The summed E-state index contributed by atoms with van der Waals surface area (Å²) in [6.07, 6.45) is 3.14. The van der Waals surface area contributed by atoms with Crippen LogP contribution in [0.3, 0.4) is 0 Å². The number of hydrogen-bond acceptors (Lipinski definition) is 5. The van der Waals surface area contributed by atoms with Gasteiger partial charge in [-0.25, -0.2) is 9.78 Å². The molecule has 112 valence electrons. The Morgan fingerprint density at radius 3 is 2.90 bits per heavy atom. The predicted octanol–water partition coefficient (Wildman–Crippen LogP) is 4.09. The molecule has 2 N–H and O–H groups in total. The van der Waals surface area contributed by atoms with Crippen molar-refractivity contribution in [2.24, 2.45) is 0 Å². The maximum absolute atomic E-state index is 11.3. The van der Waals surface area contributed by atoms with Crippen molar-refractivity contribution in [2.75, 3.05) is 0 Å². The van der Waals surface area contributed by atoms with Gasteiger partial charge in [0, 0.05) is 12.5 Å². The number of aromatic nitrogens is 3. The van der Waals surface area contributed by atoms with Gasteiger partial charge in [-0.2, -0.15) is 0 Å². The first-order chi connectivity index (χ1) is 9.99. The summed E-state index contributed by atoms with van der Waals surface area (Å²) < 4.78 is 6.57. The number of hydrogen-bond donors (Lipinski definition) is 2. The Kier molecular flexibility index (Phi) is 5.65. The van der Waals surface area contributed by atoms with E-state index in [1.807, 2.05) is 6.92 Å². The van der Waals surface area contributed by atoms with Gasteiger partial charge in [-0.15, -0.1) is 5.10 Å². The maximum Gasteiger partial charge on any atom is 0.342 e. The summed E-state index contributed by atoms with van der Waals surface area (Å²) in [5, 5.41) is 16.4. The molecule has 0 saturated carbocycles. The number of rotatable bonds is 6. The van der Waals surface area contributed by atoms with Crippen LogP contribution in [-0.4, -0.2) is 26.3 Å². The highest BCUT2D eigenvalue weighted by Gasteiger charge is 2.15. The standard InChI is InChI=1S/C12H11Br2N3O3S/c1-2-3-9-15-12(17-16-9)21-8(11(18)19)5-6-4-7(13)10(14)20-6/h4-5H,2-3H2,1H3,(H,18,19)(H,15,16,17)/b8-5-. The fraction of sp³-hybridized carbons (Fsp3) is 0.250. The Morgan fingerprint density at radius 2 is 2.33 bits per heavy atom. The zero-order valence-corrected chi connectivity index (χ0v) is 14.9. The third-order valence-electron chi connectivity index (χ3n) is 2.35. The van der Waals surface area contributed by atoms with Crippen LogP contribution in [0.25, 0.3) is 6.08 Å². The summed E-state index contributed by atoms with van der Waals surface area (Å²) in [7, 11) is 0. The smallest absolute Gasteiger partial charge is 0.342 e. The number of aliphatic carboxylic acids is 1. The molecule has 0 aliphatic heterocycles. The van der Waals surface area contributed by atoms with Crippen LogP contribution in [0.1, 0.15) is 24.9 Å². The molecule has 0 radical (unpaired) electrons. The molecular weight excluding hydrogens is 426 g/mol. The molecular formula is C12H11Br2N3O3S. The Bertz CT molecular complexity index is 662. The molecule has 2 rings (SSSR count). The molecule has 0 bridgehead atoms. The second-order valence-corrected chi connectivity index (χ2v) is 6.58. The number of aromatic amines is 1. The average Bonchev–Trinajstić information content (AvgIpc) is 2.97. The molecule has 6 nitrogen and oxygen atoms in total. The Hall–Kier alpha value is -1.06. The van der Waals surface area contributed by atoms with Gasteiger partial charge >= 0.3 is 5.97 Å². The lowest BCUT2D eigenvalue weighted by atomic mass is 10.3. The maximum atomic E-state index is 11.3. The quantitative estimate of drug-likeness (QED) is 0.523. The molecule has 0 aliphatic carbocycles. The number of furan rings is 1. The van der Waals surface area contributed by atoms with Crippen LogP contribution in [0.4, 0.5) is 0 Å². The molecule has 0 spiro atoms. The van der Waals surface area contributed by atoms with Crippen LogP contribution >= 0.6 is 43.6 Å². The molecule has 0 amide bonds. The van der Waals surface area contributed by atoms with Gasteiger partial charge in [0.1, 0.15) is 16.5 Å². The topological polar surface area (TPSA) is 92.0 Å². The third-order valence-corrected chi connectivity index (χ3v) is 4.94. The minimum absolute atomic E-state index is 0.0748. The van der Waals surface area contributed by atoms with E-state index in [2.05, 4.69) is 47.0 Å². The van der Waals surface area contributed by atoms with Gasteiger partial charge in [0.05, 0.1) is 4.47 Å².